The lowest BCUT2D eigenvalue weighted by Gasteiger charge is -2.19. The summed E-state index contributed by atoms with van der Waals surface area (Å²) in [6.45, 7) is 2.09. The van der Waals surface area contributed by atoms with E-state index in [0.29, 0.717) is 17.9 Å². The minimum atomic E-state index is -0.744. The van der Waals surface area contributed by atoms with E-state index in [-0.39, 0.29) is 29.6 Å². The topological polar surface area (TPSA) is 109 Å². The molecule has 1 atom stereocenters. The van der Waals surface area contributed by atoms with Crippen molar-refractivity contribution >= 4 is 5.91 Å². The van der Waals surface area contributed by atoms with Crippen molar-refractivity contribution < 1.29 is 24.2 Å². The Hall–Kier alpha value is -3.74. The highest BCUT2D eigenvalue weighted by Crippen LogP contribution is 2.37. The number of hydrogen-bond acceptors (Lipinski definition) is 6. The Balaban J connectivity index is 1.78. The van der Waals surface area contributed by atoms with Crippen LogP contribution in [0.3, 0.4) is 0 Å². The average Bonchev–Trinajstić information content (AvgIpc) is 2.79. The molecule has 1 aromatic heterocycles. The van der Waals surface area contributed by atoms with Crippen molar-refractivity contribution in [2.75, 3.05) is 13.7 Å². The number of ether oxygens (including phenoxy) is 1. The number of carbonyl (C=O) groups is 1. The first-order valence-electron chi connectivity index (χ1n) is 10.4. The summed E-state index contributed by atoms with van der Waals surface area (Å²) < 4.78 is 10.8. The number of carbonyl (C=O) groups excluding carboxylic acids is 1. The van der Waals surface area contributed by atoms with Crippen molar-refractivity contribution in [1.82, 2.24) is 5.32 Å². The molecule has 0 aliphatic rings. The molecular formula is C25H27NO6. The monoisotopic (exact) mass is 437 g/mol. The molecule has 0 radical (unpaired) electrons. The average molecular weight is 437 g/mol. The fourth-order valence-electron chi connectivity index (χ4n) is 3.56. The lowest BCUT2D eigenvalue weighted by Crippen LogP contribution is -2.27. The number of phenols is 1. The molecule has 0 aliphatic heterocycles. The van der Waals surface area contributed by atoms with E-state index in [1.165, 1.54) is 24.8 Å². The number of aryl methyl sites for hydroxylation is 2. The fraction of sp³-hybridized carbons (Fsp3) is 0.280. The molecule has 0 saturated carbocycles. The first-order chi connectivity index (χ1) is 15.4. The number of aromatic hydroxyl groups is 2. The van der Waals surface area contributed by atoms with E-state index < -0.39 is 17.1 Å². The maximum atomic E-state index is 12.7. The van der Waals surface area contributed by atoms with Crippen molar-refractivity contribution in [3.05, 3.63) is 87.5 Å². The molecule has 32 heavy (non-hydrogen) atoms. The third-order valence-corrected chi connectivity index (χ3v) is 5.19. The number of phenolic OH excluding ortho intramolecular Hbond substituents is 1. The molecule has 168 valence electrons. The van der Waals surface area contributed by atoms with Crippen LogP contribution in [0.15, 0.2) is 63.8 Å². The second-order valence-electron chi connectivity index (χ2n) is 7.56. The Labute approximate surface area is 186 Å². The molecule has 7 nitrogen and oxygen atoms in total. The predicted molar refractivity (Wildman–Crippen MR) is 120 cm³/mol. The highest BCUT2D eigenvalue weighted by atomic mass is 16.5. The largest absolute Gasteiger partial charge is 0.504 e. The second-order valence-corrected chi connectivity index (χ2v) is 7.56. The zero-order valence-corrected chi connectivity index (χ0v) is 18.1. The van der Waals surface area contributed by atoms with Crippen LogP contribution in [0.1, 0.15) is 41.4 Å². The Morgan fingerprint density at radius 1 is 1.12 bits per heavy atom. The van der Waals surface area contributed by atoms with E-state index in [1.807, 2.05) is 30.3 Å². The molecule has 0 spiro atoms. The Morgan fingerprint density at radius 3 is 2.59 bits per heavy atom. The SMILES string of the molecule is COc1cc([C@H](CC(=O)NCCCc2ccccc2)c2oc(C)cc(=O)c2O)ccc1O. The van der Waals surface area contributed by atoms with Crippen LogP contribution in [0.5, 0.6) is 17.2 Å². The lowest BCUT2D eigenvalue weighted by molar-refractivity contribution is -0.121. The highest BCUT2D eigenvalue weighted by molar-refractivity contribution is 5.77. The quantitative estimate of drug-likeness (QED) is 0.441. The minimum absolute atomic E-state index is 0.00202. The van der Waals surface area contributed by atoms with Crippen molar-refractivity contribution in [3.63, 3.8) is 0 Å². The molecule has 0 bridgehead atoms. The Bertz CT molecular complexity index is 1120. The summed E-state index contributed by atoms with van der Waals surface area (Å²) in [5.41, 5.74) is 1.17. The zero-order valence-electron chi connectivity index (χ0n) is 18.1. The van der Waals surface area contributed by atoms with Crippen molar-refractivity contribution in [3.8, 4) is 17.2 Å². The van der Waals surface area contributed by atoms with Crippen molar-refractivity contribution in [2.24, 2.45) is 0 Å². The third-order valence-electron chi connectivity index (χ3n) is 5.19. The van der Waals surface area contributed by atoms with E-state index >= 15 is 0 Å². The van der Waals surface area contributed by atoms with Gasteiger partial charge in [-0.2, -0.15) is 0 Å². The lowest BCUT2D eigenvalue weighted by atomic mass is 9.91. The Kier molecular flexibility index (Phi) is 7.54. The number of amides is 1. The molecule has 2 aromatic carbocycles. The first-order valence-corrected chi connectivity index (χ1v) is 10.4. The van der Waals surface area contributed by atoms with Gasteiger partial charge in [0.1, 0.15) is 5.76 Å². The van der Waals surface area contributed by atoms with Gasteiger partial charge in [0.2, 0.25) is 17.1 Å². The third kappa shape index (κ3) is 5.69. The van der Waals surface area contributed by atoms with E-state index in [2.05, 4.69) is 5.32 Å². The van der Waals surface area contributed by atoms with Crippen molar-refractivity contribution in [2.45, 2.75) is 32.1 Å². The predicted octanol–water partition coefficient (Wildman–Crippen LogP) is 3.64. The molecule has 1 amide bonds. The standard InChI is InChI=1S/C25H27NO6/c1-16-13-21(28)24(30)25(32-16)19(18-10-11-20(27)22(14-18)31-2)15-23(29)26-12-6-9-17-7-4-3-5-8-17/h3-5,7-8,10-11,13-14,19,27,30H,6,9,12,15H2,1-2H3,(H,26,29)/t19-/m0/s1. The molecule has 3 rings (SSSR count). The first kappa shape index (κ1) is 22.9. The normalized spacial score (nSPS) is 11.7. The number of rotatable bonds is 9. The van der Waals surface area contributed by atoms with Gasteiger partial charge in [0.05, 0.1) is 13.0 Å². The van der Waals surface area contributed by atoms with Gasteiger partial charge in [-0.25, -0.2) is 0 Å². The molecule has 3 aromatic rings. The van der Waals surface area contributed by atoms with Gasteiger partial charge in [0, 0.05) is 19.0 Å². The summed E-state index contributed by atoms with van der Waals surface area (Å²) >= 11 is 0. The smallest absolute Gasteiger partial charge is 0.227 e. The molecule has 0 unspecified atom stereocenters. The number of nitrogens with one attached hydrogen (secondary N) is 1. The number of methoxy groups -OCH3 is 1. The van der Waals surface area contributed by atoms with Gasteiger partial charge in [-0.1, -0.05) is 36.4 Å². The van der Waals surface area contributed by atoms with E-state index in [9.17, 15) is 19.8 Å². The van der Waals surface area contributed by atoms with Crippen molar-refractivity contribution in [1.29, 1.82) is 0 Å². The fourth-order valence-corrected chi connectivity index (χ4v) is 3.56. The van der Waals surface area contributed by atoms with Crippen LogP contribution in [0.2, 0.25) is 0 Å². The molecule has 0 aliphatic carbocycles. The van der Waals surface area contributed by atoms with E-state index in [4.69, 9.17) is 9.15 Å². The van der Waals surface area contributed by atoms with Gasteiger partial charge in [0.25, 0.3) is 0 Å². The molecule has 0 fully saturated rings. The van der Waals surface area contributed by atoms with E-state index in [0.717, 1.165) is 12.8 Å². The molecule has 3 N–H and O–H groups in total. The van der Waals surface area contributed by atoms with Gasteiger partial charge >= 0.3 is 0 Å². The van der Waals surface area contributed by atoms with Gasteiger partial charge in [-0.3, -0.25) is 9.59 Å². The van der Waals surface area contributed by atoms with Gasteiger partial charge < -0.3 is 24.7 Å². The van der Waals surface area contributed by atoms with Crippen LogP contribution in [-0.4, -0.2) is 29.8 Å². The second kappa shape index (κ2) is 10.5. The number of hydrogen-bond donors (Lipinski definition) is 3. The summed E-state index contributed by atoms with van der Waals surface area (Å²) in [6.07, 6.45) is 1.56. The summed E-state index contributed by atoms with van der Waals surface area (Å²) in [4.78, 5) is 24.9. The van der Waals surface area contributed by atoms with Gasteiger partial charge in [0.15, 0.2) is 17.3 Å². The number of benzene rings is 2. The van der Waals surface area contributed by atoms with E-state index in [1.54, 1.807) is 19.1 Å². The molecule has 0 saturated heterocycles. The summed E-state index contributed by atoms with van der Waals surface area (Å²) in [6, 6.07) is 15.8. The molecule has 1 heterocycles. The Morgan fingerprint density at radius 2 is 1.88 bits per heavy atom. The molecule has 7 heteroatoms. The molecular weight excluding hydrogens is 410 g/mol. The van der Waals surface area contributed by atoms with Crippen LogP contribution in [-0.2, 0) is 11.2 Å². The van der Waals surface area contributed by atoms with Crippen LogP contribution in [0.25, 0.3) is 0 Å². The summed E-state index contributed by atoms with van der Waals surface area (Å²) in [7, 11) is 1.41. The van der Waals surface area contributed by atoms with Crippen LogP contribution < -0.4 is 15.5 Å². The van der Waals surface area contributed by atoms with Crippen LogP contribution >= 0.6 is 0 Å². The van der Waals surface area contributed by atoms with Gasteiger partial charge in [-0.15, -0.1) is 0 Å². The maximum absolute atomic E-state index is 12.7. The van der Waals surface area contributed by atoms with Crippen LogP contribution in [0, 0.1) is 6.92 Å². The zero-order chi connectivity index (χ0) is 23.1. The van der Waals surface area contributed by atoms with Gasteiger partial charge in [-0.05, 0) is 43.0 Å². The summed E-state index contributed by atoms with van der Waals surface area (Å²) in [5, 5.41) is 23.2. The maximum Gasteiger partial charge on any atom is 0.227 e. The van der Waals surface area contributed by atoms with Crippen LogP contribution in [0.4, 0.5) is 0 Å². The highest BCUT2D eigenvalue weighted by Gasteiger charge is 2.26. The summed E-state index contributed by atoms with van der Waals surface area (Å²) in [5.74, 6) is -1.06. The minimum Gasteiger partial charge on any atom is -0.504 e.